The van der Waals surface area contributed by atoms with Crippen LogP contribution in [-0.4, -0.2) is 24.2 Å². The van der Waals surface area contributed by atoms with Crippen LogP contribution in [0.4, 0.5) is 5.69 Å². The van der Waals surface area contributed by atoms with E-state index in [-0.39, 0.29) is 25.1 Å². The number of carbonyl (C=O) groups excluding carboxylic acids is 1. The smallest absolute Gasteiger partial charge is 0.251 e. The van der Waals surface area contributed by atoms with E-state index in [2.05, 4.69) is 17.6 Å². The number of benzene rings is 1. The number of hydrogen-bond acceptors (Lipinski definition) is 4. The number of nitrogens with one attached hydrogen (secondary N) is 2. The standard InChI is InChI=1S/C15H17ClN2O2S/c1-10(12-8-14(16)21-9-12)18-13-4-2-11(3-5-13)15(20)17-6-7-19/h2-5,8-10,18-19H,6-7H2,1H3,(H,17,20). The predicted molar refractivity (Wildman–Crippen MR) is 87.2 cm³/mol. The summed E-state index contributed by atoms with van der Waals surface area (Å²) in [6.45, 7) is 2.25. The first kappa shape index (κ1) is 15.8. The highest BCUT2D eigenvalue weighted by molar-refractivity contribution is 7.14. The molecule has 6 heteroatoms. The van der Waals surface area contributed by atoms with Gasteiger partial charge < -0.3 is 15.7 Å². The van der Waals surface area contributed by atoms with E-state index in [1.165, 1.54) is 11.3 Å². The molecular formula is C15H17ClN2O2S. The van der Waals surface area contributed by atoms with Crippen molar-refractivity contribution in [3.8, 4) is 0 Å². The summed E-state index contributed by atoms with van der Waals surface area (Å²) in [7, 11) is 0. The number of halogens is 1. The fourth-order valence-electron chi connectivity index (χ4n) is 1.87. The minimum Gasteiger partial charge on any atom is -0.395 e. The molecule has 0 spiro atoms. The molecule has 1 amide bonds. The number of aliphatic hydroxyl groups excluding tert-OH is 1. The van der Waals surface area contributed by atoms with Crippen molar-refractivity contribution >= 4 is 34.5 Å². The molecule has 0 saturated carbocycles. The highest BCUT2D eigenvalue weighted by Crippen LogP contribution is 2.27. The summed E-state index contributed by atoms with van der Waals surface area (Å²) < 4.78 is 0.773. The van der Waals surface area contributed by atoms with Gasteiger partial charge in [0.2, 0.25) is 0 Å². The van der Waals surface area contributed by atoms with E-state index in [0.29, 0.717) is 5.56 Å². The van der Waals surface area contributed by atoms with Gasteiger partial charge in [-0.05, 0) is 48.2 Å². The number of amides is 1. The lowest BCUT2D eigenvalue weighted by atomic mass is 10.1. The van der Waals surface area contributed by atoms with Gasteiger partial charge in [0, 0.05) is 23.8 Å². The summed E-state index contributed by atoms with van der Waals surface area (Å²) in [4.78, 5) is 11.7. The van der Waals surface area contributed by atoms with Crippen LogP contribution in [0.3, 0.4) is 0 Å². The fourth-order valence-corrected chi connectivity index (χ4v) is 2.86. The van der Waals surface area contributed by atoms with Crippen LogP contribution < -0.4 is 10.6 Å². The van der Waals surface area contributed by atoms with Gasteiger partial charge in [-0.2, -0.15) is 0 Å². The average Bonchev–Trinajstić information content (AvgIpc) is 2.92. The third-order valence-electron chi connectivity index (χ3n) is 3.02. The van der Waals surface area contributed by atoms with Crippen LogP contribution in [0.5, 0.6) is 0 Å². The first-order valence-electron chi connectivity index (χ1n) is 6.59. The van der Waals surface area contributed by atoms with E-state index in [4.69, 9.17) is 16.7 Å². The monoisotopic (exact) mass is 324 g/mol. The molecule has 112 valence electrons. The van der Waals surface area contributed by atoms with Crippen molar-refractivity contribution in [1.82, 2.24) is 5.32 Å². The fraction of sp³-hybridized carbons (Fsp3) is 0.267. The Kier molecular flexibility index (Phi) is 5.61. The zero-order chi connectivity index (χ0) is 15.2. The first-order valence-corrected chi connectivity index (χ1v) is 7.85. The maximum absolute atomic E-state index is 11.7. The lowest BCUT2D eigenvalue weighted by Gasteiger charge is -2.14. The van der Waals surface area contributed by atoms with Gasteiger partial charge in [0.05, 0.1) is 10.9 Å². The van der Waals surface area contributed by atoms with Gasteiger partial charge >= 0.3 is 0 Å². The Labute approximate surface area is 132 Å². The third kappa shape index (κ3) is 4.46. The van der Waals surface area contributed by atoms with E-state index in [1.807, 2.05) is 23.6 Å². The average molecular weight is 325 g/mol. The Morgan fingerprint density at radius 3 is 2.67 bits per heavy atom. The third-order valence-corrected chi connectivity index (χ3v) is 4.12. The SMILES string of the molecule is CC(Nc1ccc(C(=O)NCCO)cc1)c1csc(Cl)c1. The highest BCUT2D eigenvalue weighted by atomic mass is 35.5. The quantitative estimate of drug-likeness (QED) is 0.764. The molecule has 1 heterocycles. The van der Waals surface area contributed by atoms with Crippen molar-refractivity contribution in [1.29, 1.82) is 0 Å². The zero-order valence-electron chi connectivity index (χ0n) is 11.6. The highest BCUT2D eigenvalue weighted by Gasteiger charge is 2.09. The summed E-state index contributed by atoms with van der Waals surface area (Å²) in [5.74, 6) is -0.187. The van der Waals surface area contributed by atoms with Crippen LogP contribution in [0.15, 0.2) is 35.7 Å². The molecule has 0 saturated heterocycles. The zero-order valence-corrected chi connectivity index (χ0v) is 13.2. The Bertz CT molecular complexity index is 598. The van der Waals surface area contributed by atoms with Crippen molar-refractivity contribution in [2.24, 2.45) is 0 Å². The lowest BCUT2D eigenvalue weighted by molar-refractivity contribution is 0.0945. The Balaban J connectivity index is 1.97. The van der Waals surface area contributed by atoms with Crippen LogP contribution >= 0.6 is 22.9 Å². The molecule has 1 atom stereocenters. The van der Waals surface area contributed by atoms with Crippen LogP contribution in [0, 0.1) is 0 Å². The summed E-state index contributed by atoms with van der Waals surface area (Å²) in [6.07, 6.45) is 0. The molecule has 3 N–H and O–H groups in total. The summed E-state index contributed by atoms with van der Waals surface area (Å²) >= 11 is 7.44. The maximum atomic E-state index is 11.7. The molecule has 21 heavy (non-hydrogen) atoms. The molecule has 1 unspecified atom stereocenters. The van der Waals surface area contributed by atoms with Gasteiger partial charge in [0.15, 0.2) is 0 Å². The molecule has 2 rings (SSSR count). The minimum atomic E-state index is -0.187. The molecule has 0 bridgehead atoms. The van der Waals surface area contributed by atoms with Crippen molar-refractivity contribution < 1.29 is 9.90 Å². The van der Waals surface area contributed by atoms with Crippen LogP contribution in [0.1, 0.15) is 28.9 Å². The van der Waals surface area contributed by atoms with Crippen molar-refractivity contribution in [3.63, 3.8) is 0 Å². The second-order valence-corrected chi connectivity index (χ2v) is 6.15. The summed E-state index contributed by atoms with van der Waals surface area (Å²) in [5.41, 5.74) is 2.64. The van der Waals surface area contributed by atoms with E-state index in [1.54, 1.807) is 12.1 Å². The van der Waals surface area contributed by atoms with Gasteiger partial charge in [-0.1, -0.05) is 11.6 Å². The van der Waals surface area contributed by atoms with Gasteiger partial charge in [0.1, 0.15) is 0 Å². The number of anilines is 1. The number of carbonyl (C=O) groups is 1. The van der Waals surface area contributed by atoms with E-state index in [9.17, 15) is 4.79 Å². The molecular weight excluding hydrogens is 308 g/mol. The first-order chi connectivity index (χ1) is 10.1. The second-order valence-electron chi connectivity index (χ2n) is 4.61. The molecule has 1 aromatic heterocycles. The van der Waals surface area contributed by atoms with Gasteiger partial charge in [-0.15, -0.1) is 11.3 Å². The number of rotatable bonds is 6. The predicted octanol–water partition coefficient (Wildman–Crippen LogP) is 3.30. The summed E-state index contributed by atoms with van der Waals surface area (Å²) in [5, 5.41) is 16.7. The van der Waals surface area contributed by atoms with E-state index < -0.39 is 0 Å². The normalized spacial score (nSPS) is 12.0. The minimum absolute atomic E-state index is 0.0634. The van der Waals surface area contributed by atoms with Crippen molar-refractivity contribution in [2.45, 2.75) is 13.0 Å². The molecule has 0 fully saturated rings. The summed E-state index contributed by atoms with van der Waals surface area (Å²) in [6, 6.07) is 9.31. The molecule has 0 radical (unpaired) electrons. The van der Waals surface area contributed by atoms with E-state index in [0.717, 1.165) is 15.6 Å². The Morgan fingerprint density at radius 2 is 2.10 bits per heavy atom. The molecule has 0 aliphatic rings. The largest absolute Gasteiger partial charge is 0.395 e. The van der Waals surface area contributed by atoms with Crippen molar-refractivity contribution in [3.05, 3.63) is 51.2 Å². The Morgan fingerprint density at radius 1 is 1.38 bits per heavy atom. The van der Waals surface area contributed by atoms with Gasteiger partial charge in [-0.3, -0.25) is 4.79 Å². The molecule has 0 aliphatic heterocycles. The van der Waals surface area contributed by atoms with Crippen LogP contribution in [-0.2, 0) is 0 Å². The van der Waals surface area contributed by atoms with Crippen LogP contribution in [0.2, 0.25) is 4.34 Å². The second kappa shape index (κ2) is 7.45. The Hall–Kier alpha value is -1.56. The van der Waals surface area contributed by atoms with Crippen molar-refractivity contribution in [2.75, 3.05) is 18.5 Å². The maximum Gasteiger partial charge on any atom is 0.251 e. The van der Waals surface area contributed by atoms with E-state index >= 15 is 0 Å². The number of aliphatic hydroxyl groups is 1. The van der Waals surface area contributed by atoms with Crippen LogP contribution in [0.25, 0.3) is 0 Å². The molecule has 0 aliphatic carbocycles. The topological polar surface area (TPSA) is 61.4 Å². The molecule has 2 aromatic rings. The lowest BCUT2D eigenvalue weighted by Crippen LogP contribution is -2.26. The number of thiophene rings is 1. The molecule has 4 nitrogen and oxygen atoms in total. The molecule has 1 aromatic carbocycles. The van der Waals surface area contributed by atoms with Gasteiger partial charge in [0.25, 0.3) is 5.91 Å². The number of hydrogen-bond donors (Lipinski definition) is 3. The van der Waals surface area contributed by atoms with Gasteiger partial charge in [-0.25, -0.2) is 0 Å².